The Morgan fingerprint density at radius 1 is 1.12 bits per heavy atom. The molecule has 4 rings (SSSR count). The molecule has 1 unspecified atom stereocenters. The van der Waals surface area contributed by atoms with Gasteiger partial charge in [0.15, 0.2) is 0 Å². The summed E-state index contributed by atoms with van der Waals surface area (Å²) in [4.78, 5) is 32.5. The summed E-state index contributed by atoms with van der Waals surface area (Å²) in [5.41, 5.74) is 3.51. The maximum Gasteiger partial charge on any atom is 0.264 e. The fourth-order valence-corrected chi connectivity index (χ4v) is 5.85. The molecule has 174 valence electrons. The first-order valence-corrected chi connectivity index (χ1v) is 13.2. The zero-order chi connectivity index (χ0) is 23.2. The highest BCUT2D eigenvalue weighted by atomic mass is 32.1. The second kappa shape index (κ2) is 11.1. The Morgan fingerprint density at radius 2 is 1.94 bits per heavy atom. The van der Waals surface area contributed by atoms with Gasteiger partial charge in [-0.25, -0.2) is 0 Å². The Labute approximate surface area is 203 Å². The molecule has 0 aliphatic carbocycles. The van der Waals surface area contributed by atoms with Gasteiger partial charge >= 0.3 is 0 Å². The van der Waals surface area contributed by atoms with Gasteiger partial charge in [-0.15, -0.1) is 22.7 Å². The molecule has 7 heteroatoms. The summed E-state index contributed by atoms with van der Waals surface area (Å²) >= 11 is 3.17. The third-order valence-electron chi connectivity index (χ3n) is 5.95. The smallest absolute Gasteiger partial charge is 0.264 e. The molecule has 0 fully saturated rings. The minimum absolute atomic E-state index is 0.0151. The number of carbonyl (C=O) groups excluding carboxylic acids is 2. The molecular formula is C26H30N2O3S2. The van der Waals surface area contributed by atoms with Gasteiger partial charge in [0.2, 0.25) is 5.91 Å². The van der Waals surface area contributed by atoms with Crippen LogP contribution >= 0.6 is 22.7 Å². The number of rotatable bonds is 9. The lowest BCUT2D eigenvalue weighted by Crippen LogP contribution is -2.47. The molecule has 0 radical (unpaired) electrons. The second-order valence-corrected chi connectivity index (χ2v) is 10.2. The van der Waals surface area contributed by atoms with Crippen molar-refractivity contribution in [3.8, 4) is 0 Å². The van der Waals surface area contributed by atoms with Gasteiger partial charge in [-0.05, 0) is 60.7 Å². The lowest BCUT2D eigenvalue weighted by molar-refractivity contribution is -0.134. The van der Waals surface area contributed by atoms with Crippen LogP contribution in [0.2, 0.25) is 0 Å². The van der Waals surface area contributed by atoms with Gasteiger partial charge in [-0.2, -0.15) is 0 Å². The summed E-state index contributed by atoms with van der Waals surface area (Å²) in [5, 5.41) is 4.00. The maximum absolute atomic E-state index is 13.7. The number of aryl methyl sites for hydroxylation is 1. The van der Waals surface area contributed by atoms with Crippen molar-refractivity contribution < 1.29 is 14.3 Å². The highest BCUT2D eigenvalue weighted by Crippen LogP contribution is 2.38. The van der Waals surface area contributed by atoms with Crippen LogP contribution in [0.4, 0.5) is 0 Å². The Balaban J connectivity index is 1.56. The average molecular weight is 483 g/mol. The number of amides is 2. The number of hydrogen-bond acceptors (Lipinski definition) is 5. The summed E-state index contributed by atoms with van der Waals surface area (Å²) in [5.74, 6) is -0.103. The molecule has 1 aliphatic rings. The summed E-state index contributed by atoms with van der Waals surface area (Å²) in [6.45, 7) is 6.47. The predicted octanol–water partition coefficient (Wildman–Crippen LogP) is 5.16. The van der Waals surface area contributed by atoms with Gasteiger partial charge in [0.1, 0.15) is 6.54 Å². The molecule has 33 heavy (non-hydrogen) atoms. The van der Waals surface area contributed by atoms with Crippen molar-refractivity contribution >= 4 is 34.5 Å². The van der Waals surface area contributed by atoms with Crippen molar-refractivity contribution in [3.05, 3.63) is 79.7 Å². The van der Waals surface area contributed by atoms with Crippen molar-refractivity contribution in [2.24, 2.45) is 0 Å². The van der Waals surface area contributed by atoms with Crippen LogP contribution in [0.1, 0.15) is 50.6 Å². The van der Waals surface area contributed by atoms with Crippen LogP contribution in [0.5, 0.6) is 0 Å². The summed E-state index contributed by atoms with van der Waals surface area (Å²) in [6.07, 6.45) is 1.55. The molecule has 1 aliphatic heterocycles. The van der Waals surface area contributed by atoms with E-state index in [0.717, 1.165) is 12.0 Å². The molecule has 0 saturated carbocycles. The van der Waals surface area contributed by atoms with E-state index in [1.54, 1.807) is 16.2 Å². The van der Waals surface area contributed by atoms with Gasteiger partial charge in [0, 0.05) is 31.2 Å². The number of thiophene rings is 2. The molecule has 3 aromatic rings. The van der Waals surface area contributed by atoms with Crippen molar-refractivity contribution in [3.63, 3.8) is 0 Å². The SMILES string of the molecule is CCOCCCN(CC(=O)N1CCc2sccc2C1c1ccc(C)cc1)C(=O)c1cccs1. The van der Waals surface area contributed by atoms with Crippen LogP contribution < -0.4 is 0 Å². The molecule has 2 amide bonds. The van der Waals surface area contributed by atoms with Gasteiger partial charge in [0.25, 0.3) is 5.91 Å². The highest BCUT2D eigenvalue weighted by molar-refractivity contribution is 7.12. The largest absolute Gasteiger partial charge is 0.382 e. The van der Waals surface area contributed by atoms with Crippen LogP contribution in [-0.4, -0.2) is 54.5 Å². The fourth-order valence-electron chi connectivity index (χ4n) is 4.26. The first-order chi connectivity index (χ1) is 16.1. The van der Waals surface area contributed by atoms with Crippen LogP contribution in [0.25, 0.3) is 0 Å². The van der Waals surface area contributed by atoms with Gasteiger partial charge in [-0.3, -0.25) is 9.59 Å². The first kappa shape index (κ1) is 23.7. The third-order valence-corrected chi connectivity index (χ3v) is 7.80. The van der Waals surface area contributed by atoms with E-state index in [2.05, 4.69) is 42.6 Å². The van der Waals surface area contributed by atoms with Crippen LogP contribution in [0, 0.1) is 6.92 Å². The Kier molecular flexibility index (Phi) is 7.96. The quantitative estimate of drug-likeness (QED) is 0.396. The molecule has 3 heterocycles. The zero-order valence-electron chi connectivity index (χ0n) is 19.2. The minimum atomic E-state index is -0.116. The van der Waals surface area contributed by atoms with Crippen LogP contribution in [0.3, 0.4) is 0 Å². The summed E-state index contributed by atoms with van der Waals surface area (Å²) in [7, 11) is 0. The van der Waals surface area contributed by atoms with Crippen LogP contribution in [0.15, 0.2) is 53.2 Å². The topological polar surface area (TPSA) is 49.9 Å². The van der Waals surface area contributed by atoms with E-state index in [0.29, 0.717) is 37.6 Å². The number of carbonyl (C=O) groups is 2. The van der Waals surface area contributed by atoms with Crippen molar-refractivity contribution in [1.82, 2.24) is 9.80 Å². The Hall–Kier alpha value is -2.48. The number of ether oxygens (including phenoxy) is 1. The fraction of sp³-hybridized carbons (Fsp3) is 0.385. The van der Waals surface area contributed by atoms with Crippen molar-refractivity contribution in [2.45, 2.75) is 32.7 Å². The molecule has 0 saturated heterocycles. The average Bonchev–Trinajstić information content (AvgIpc) is 3.53. The lowest BCUT2D eigenvalue weighted by atomic mass is 9.92. The zero-order valence-corrected chi connectivity index (χ0v) is 20.8. The highest BCUT2D eigenvalue weighted by Gasteiger charge is 2.34. The van der Waals surface area contributed by atoms with Crippen LogP contribution in [-0.2, 0) is 16.0 Å². The van der Waals surface area contributed by atoms with E-state index in [9.17, 15) is 9.59 Å². The second-order valence-electron chi connectivity index (χ2n) is 8.20. The lowest BCUT2D eigenvalue weighted by Gasteiger charge is -2.37. The molecule has 1 atom stereocenters. The summed E-state index contributed by atoms with van der Waals surface area (Å²) < 4.78 is 5.46. The standard InChI is InChI=1S/C26H30N2O3S2/c1-3-31-15-5-13-27(26(30)23-6-4-16-32-23)18-24(29)28-14-11-22-21(12-17-33-22)25(28)20-9-7-19(2)8-10-20/h4,6-10,12,16-17,25H,3,5,11,13-15,18H2,1-2H3. The number of fused-ring (bicyclic) bond motifs is 1. The van der Waals surface area contributed by atoms with Crippen molar-refractivity contribution in [1.29, 1.82) is 0 Å². The van der Waals surface area contributed by atoms with E-state index in [4.69, 9.17) is 4.74 Å². The predicted molar refractivity (Wildman–Crippen MR) is 134 cm³/mol. The maximum atomic E-state index is 13.7. The molecule has 0 spiro atoms. The van der Waals surface area contributed by atoms with Gasteiger partial charge in [-0.1, -0.05) is 35.9 Å². The number of hydrogen-bond donors (Lipinski definition) is 0. The van der Waals surface area contributed by atoms with E-state index in [1.165, 1.54) is 27.3 Å². The normalized spacial score (nSPS) is 15.3. The van der Waals surface area contributed by atoms with Gasteiger partial charge < -0.3 is 14.5 Å². The molecule has 0 N–H and O–H groups in total. The Morgan fingerprint density at radius 3 is 2.67 bits per heavy atom. The summed E-state index contributed by atoms with van der Waals surface area (Å²) in [6, 6.07) is 14.1. The molecule has 2 aromatic heterocycles. The van der Waals surface area contributed by atoms with E-state index >= 15 is 0 Å². The van der Waals surface area contributed by atoms with E-state index < -0.39 is 0 Å². The molecular weight excluding hydrogens is 452 g/mol. The van der Waals surface area contributed by atoms with Crippen molar-refractivity contribution in [2.75, 3.05) is 32.8 Å². The Bertz CT molecular complexity index is 1060. The molecule has 5 nitrogen and oxygen atoms in total. The molecule has 0 bridgehead atoms. The monoisotopic (exact) mass is 482 g/mol. The van der Waals surface area contributed by atoms with E-state index in [1.807, 2.05) is 29.3 Å². The number of benzene rings is 1. The third kappa shape index (κ3) is 5.54. The molecule has 1 aromatic carbocycles. The minimum Gasteiger partial charge on any atom is -0.382 e. The van der Waals surface area contributed by atoms with E-state index in [-0.39, 0.29) is 24.4 Å². The van der Waals surface area contributed by atoms with Gasteiger partial charge in [0.05, 0.1) is 10.9 Å². The first-order valence-electron chi connectivity index (χ1n) is 11.4. The number of nitrogens with zero attached hydrogens (tertiary/aromatic N) is 2.